The number of anilines is 1. The molecule has 1 heterocycles. The van der Waals surface area contributed by atoms with E-state index in [-0.39, 0.29) is 0 Å². The Morgan fingerprint density at radius 1 is 1.20 bits per heavy atom. The molecular weight excluding hydrogens is 122 g/mol. The van der Waals surface area contributed by atoms with E-state index in [4.69, 9.17) is 0 Å². The van der Waals surface area contributed by atoms with Gasteiger partial charge in [-0.3, -0.25) is 0 Å². The highest BCUT2D eigenvalue weighted by atomic mass is 15.1. The lowest BCUT2D eigenvalue weighted by Gasteiger charge is -1.94. The van der Waals surface area contributed by atoms with Gasteiger partial charge in [0.15, 0.2) is 11.9 Å². The maximum absolute atomic E-state index is 2.12. The van der Waals surface area contributed by atoms with Crippen LogP contribution in [0.4, 0.5) is 5.69 Å². The molecule has 0 atom stereocenters. The van der Waals surface area contributed by atoms with Crippen LogP contribution in [0.5, 0.6) is 0 Å². The van der Waals surface area contributed by atoms with Gasteiger partial charge >= 0.3 is 0 Å². The number of para-hydroxylation sites is 1. The zero-order valence-corrected chi connectivity index (χ0v) is 5.91. The second kappa shape index (κ2) is 1.96. The van der Waals surface area contributed by atoms with E-state index in [1.807, 2.05) is 0 Å². The van der Waals surface area contributed by atoms with Gasteiger partial charge in [0.1, 0.15) is 7.05 Å². The van der Waals surface area contributed by atoms with Gasteiger partial charge in [0.05, 0.1) is 0 Å². The van der Waals surface area contributed by atoms with Gasteiger partial charge in [0, 0.05) is 17.7 Å². The highest BCUT2D eigenvalue weighted by Crippen LogP contribution is 2.25. The first-order valence-corrected chi connectivity index (χ1v) is 3.38. The molecule has 1 nitrogen and oxygen atoms in total. The highest BCUT2D eigenvalue weighted by molar-refractivity contribution is 5.70. The van der Waals surface area contributed by atoms with E-state index in [0.717, 1.165) is 0 Å². The second-order valence-corrected chi connectivity index (χ2v) is 2.49. The molecule has 0 amide bonds. The first-order chi connectivity index (χ1) is 4.88. The van der Waals surface area contributed by atoms with Crippen molar-refractivity contribution in [3.05, 3.63) is 36.0 Å². The summed E-state index contributed by atoms with van der Waals surface area (Å²) in [7, 11) is 2.06. The van der Waals surface area contributed by atoms with Crippen LogP contribution in [0.25, 0.3) is 6.08 Å². The van der Waals surface area contributed by atoms with E-state index in [1.54, 1.807) is 0 Å². The molecule has 0 aromatic heterocycles. The largest absolute Gasteiger partial charge is 0.193 e. The Morgan fingerprint density at radius 2 is 2.00 bits per heavy atom. The average Bonchev–Trinajstić information content (AvgIpc) is 2.34. The van der Waals surface area contributed by atoms with Crippen LogP contribution < -0.4 is 4.90 Å². The molecule has 0 saturated carbocycles. The van der Waals surface area contributed by atoms with Crippen molar-refractivity contribution >= 4 is 11.8 Å². The number of fused-ring (bicyclic) bond motifs is 1. The zero-order chi connectivity index (χ0) is 6.97. The molecule has 1 aromatic carbocycles. The van der Waals surface area contributed by atoms with E-state index in [9.17, 15) is 0 Å². The maximum atomic E-state index is 2.12. The van der Waals surface area contributed by atoms with Crippen molar-refractivity contribution in [1.82, 2.24) is 4.90 Å². The van der Waals surface area contributed by atoms with Crippen molar-refractivity contribution in [2.24, 2.45) is 0 Å². The second-order valence-electron chi connectivity index (χ2n) is 2.49. The van der Waals surface area contributed by atoms with Crippen LogP contribution in [0.3, 0.4) is 0 Å². The van der Waals surface area contributed by atoms with E-state index < -0.39 is 0 Å². The zero-order valence-electron chi connectivity index (χ0n) is 5.91. The molecule has 0 N–H and O–H groups in total. The van der Waals surface area contributed by atoms with Gasteiger partial charge in [-0.1, -0.05) is 12.1 Å². The Labute approximate surface area is 60.6 Å². The minimum atomic E-state index is 1.29. The number of hydrogen-bond acceptors (Lipinski definition) is 1. The lowest BCUT2D eigenvalue weighted by atomic mass is 10.2. The van der Waals surface area contributed by atoms with Crippen LogP contribution in [0.2, 0.25) is 0 Å². The fraction of sp³-hybridized carbons (Fsp3) is 0.111. The third kappa shape index (κ3) is 0.677. The molecule has 10 heavy (non-hydrogen) atoms. The minimum Gasteiger partial charge on any atom is -0.106 e. The standard InChI is InChI=1S/C9H9N/c1-10-7-6-8-4-2-3-5-9(8)10/h2-7H,1H3/q+1. The van der Waals surface area contributed by atoms with Gasteiger partial charge in [0.2, 0.25) is 0 Å². The molecular formula is C9H9N+. The van der Waals surface area contributed by atoms with E-state index in [2.05, 4.69) is 48.5 Å². The Kier molecular flexibility index (Phi) is 1.11. The van der Waals surface area contributed by atoms with Crippen LogP contribution >= 0.6 is 0 Å². The van der Waals surface area contributed by atoms with Gasteiger partial charge in [-0.15, -0.1) is 4.90 Å². The topological polar surface area (TPSA) is 5.90 Å². The SMILES string of the molecule is C[N+]1C=Cc2ccccc21. The smallest absolute Gasteiger partial charge is 0.106 e. The normalized spacial score (nSPS) is 15.7. The Hall–Kier alpha value is -1.08. The predicted octanol–water partition coefficient (Wildman–Crippen LogP) is 2.07. The summed E-state index contributed by atoms with van der Waals surface area (Å²) in [5, 5.41) is 0. The van der Waals surface area contributed by atoms with Gasteiger partial charge in [-0.05, 0) is 6.07 Å². The predicted molar refractivity (Wildman–Crippen MR) is 43.2 cm³/mol. The molecule has 1 aliphatic heterocycles. The summed E-state index contributed by atoms with van der Waals surface area (Å²) in [6.45, 7) is 0. The first kappa shape index (κ1) is 5.69. The van der Waals surface area contributed by atoms with Gasteiger partial charge in [-0.2, -0.15) is 0 Å². The summed E-state index contributed by atoms with van der Waals surface area (Å²) < 4.78 is 0. The highest BCUT2D eigenvalue weighted by Gasteiger charge is 2.18. The Morgan fingerprint density at radius 3 is 2.80 bits per heavy atom. The van der Waals surface area contributed by atoms with Crippen molar-refractivity contribution in [2.75, 3.05) is 7.05 Å². The fourth-order valence-corrected chi connectivity index (χ4v) is 1.22. The lowest BCUT2D eigenvalue weighted by molar-refractivity contribution is 0.848. The van der Waals surface area contributed by atoms with Gasteiger partial charge in [0.25, 0.3) is 0 Å². The summed E-state index contributed by atoms with van der Waals surface area (Å²) in [5.41, 5.74) is 2.60. The van der Waals surface area contributed by atoms with Crippen molar-refractivity contribution < 1.29 is 0 Å². The number of nitrogens with zero attached hydrogens (tertiary/aromatic N) is 1. The van der Waals surface area contributed by atoms with Crippen molar-refractivity contribution in [3.63, 3.8) is 0 Å². The summed E-state index contributed by atoms with van der Waals surface area (Å²) in [6.07, 6.45) is 4.19. The first-order valence-electron chi connectivity index (χ1n) is 3.38. The summed E-state index contributed by atoms with van der Waals surface area (Å²) in [4.78, 5) is 2.12. The Balaban J connectivity index is 2.59. The molecule has 1 aliphatic rings. The molecule has 0 unspecified atom stereocenters. The number of rotatable bonds is 0. The summed E-state index contributed by atoms with van der Waals surface area (Å²) in [6, 6.07) is 8.36. The third-order valence-electron chi connectivity index (χ3n) is 1.79. The van der Waals surface area contributed by atoms with Crippen molar-refractivity contribution in [1.29, 1.82) is 0 Å². The number of hydrogen-bond donors (Lipinski definition) is 0. The van der Waals surface area contributed by atoms with Gasteiger partial charge < -0.3 is 0 Å². The molecule has 1 aromatic rings. The lowest BCUT2D eigenvalue weighted by Crippen LogP contribution is -2.05. The quantitative estimate of drug-likeness (QED) is 0.475. The summed E-state index contributed by atoms with van der Waals surface area (Å²) >= 11 is 0. The molecule has 0 spiro atoms. The molecule has 0 aliphatic carbocycles. The number of benzene rings is 1. The van der Waals surface area contributed by atoms with Crippen molar-refractivity contribution in [2.45, 2.75) is 0 Å². The molecule has 1 radical (unpaired) electrons. The molecule has 0 fully saturated rings. The van der Waals surface area contributed by atoms with Gasteiger partial charge in [-0.25, -0.2) is 0 Å². The molecule has 1 heteroatoms. The van der Waals surface area contributed by atoms with Crippen LogP contribution in [0, 0.1) is 0 Å². The molecule has 0 saturated heterocycles. The van der Waals surface area contributed by atoms with E-state index >= 15 is 0 Å². The van der Waals surface area contributed by atoms with Crippen LogP contribution in [0.1, 0.15) is 5.56 Å². The molecule has 0 bridgehead atoms. The van der Waals surface area contributed by atoms with Crippen molar-refractivity contribution in [3.8, 4) is 0 Å². The minimum absolute atomic E-state index is 1.29. The Bertz CT molecular complexity index is 276. The summed E-state index contributed by atoms with van der Waals surface area (Å²) in [5.74, 6) is 0. The molecule has 49 valence electrons. The van der Waals surface area contributed by atoms with Crippen LogP contribution in [-0.2, 0) is 0 Å². The fourth-order valence-electron chi connectivity index (χ4n) is 1.22. The van der Waals surface area contributed by atoms with E-state index in [1.165, 1.54) is 11.3 Å². The average molecular weight is 131 g/mol. The maximum Gasteiger partial charge on any atom is 0.193 e. The van der Waals surface area contributed by atoms with Crippen LogP contribution in [0.15, 0.2) is 30.5 Å². The van der Waals surface area contributed by atoms with Crippen LogP contribution in [-0.4, -0.2) is 7.05 Å². The monoisotopic (exact) mass is 131 g/mol. The van der Waals surface area contributed by atoms with E-state index in [0.29, 0.717) is 0 Å². The third-order valence-corrected chi connectivity index (χ3v) is 1.79. The molecule has 2 rings (SSSR count).